The highest BCUT2D eigenvalue weighted by Crippen LogP contribution is 2.16. The van der Waals surface area contributed by atoms with E-state index < -0.39 is 0 Å². The Kier molecular flexibility index (Phi) is 6.24. The summed E-state index contributed by atoms with van der Waals surface area (Å²) < 4.78 is 5.31. The second-order valence-corrected chi connectivity index (χ2v) is 5.34. The van der Waals surface area contributed by atoms with E-state index in [1.54, 1.807) is 0 Å². The number of aryl methyl sites for hydroxylation is 1. The number of aromatic nitrogens is 1. The lowest BCUT2D eigenvalue weighted by molar-refractivity contribution is 0.0775. The van der Waals surface area contributed by atoms with Crippen molar-refractivity contribution in [3.63, 3.8) is 0 Å². The summed E-state index contributed by atoms with van der Waals surface area (Å²) >= 11 is 0. The summed E-state index contributed by atoms with van der Waals surface area (Å²) in [7, 11) is 0. The second-order valence-electron chi connectivity index (χ2n) is 5.34. The lowest BCUT2D eigenvalue weighted by atomic mass is 10.1. The quantitative estimate of drug-likeness (QED) is 0.699. The van der Waals surface area contributed by atoms with Gasteiger partial charge in [0.05, 0.1) is 19.8 Å². The molecular weight excluding hydrogens is 254 g/mol. The van der Waals surface area contributed by atoms with Crippen LogP contribution >= 0.6 is 0 Å². The van der Waals surface area contributed by atoms with Crippen molar-refractivity contribution >= 4 is 5.82 Å². The molecule has 1 aliphatic rings. The van der Waals surface area contributed by atoms with E-state index in [1.165, 1.54) is 6.42 Å². The van der Waals surface area contributed by atoms with E-state index in [4.69, 9.17) is 9.84 Å². The molecule has 0 aliphatic carbocycles. The fourth-order valence-electron chi connectivity index (χ4n) is 2.53. The molecule has 0 spiro atoms. The minimum atomic E-state index is 0.107. The summed E-state index contributed by atoms with van der Waals surface area (Å²) in [6.07, 6.45) is 1.22. The van der Waals surface area contributed by atoms with Gasteiger partial charge in [-0.2, -0.15) is 0 Å². The molecule has 2 N–H and O–H groups in total. The Bertz CT molecular complexity index is 400. The Hall–Kier alpha value is -1.17. The molecular formula is C15H25N3O2. The van der Waals surface area contributed by atoms with Crippen LogP contribution in [0.1, 0.15) is 12.1 Å². The van der Waals surface area contributed by atoms with Crippen LogP contribution in [0.4, 0.5) is 5.82 Å². The molecule has 0 bridgehead atoms. The number of anilines is 1. The zero-order valence-electron chi connectivity index (χ0n) is 12.2. The molecule has 1 unspecified atom stereocenters. The van der Waals surface area contributed by atoms with Crippen LogP contribution in [0.5, 0.6) is 0 Å². The Labute approximate surface area is 121 Å². The van der Waals surface area contributed by atoms with Crippen molar-refractivity contribution in [2.24, 2.45) is 5.92 Å². The fraction of sp³-hybridized carbons (Fsp3) is 0.667. The highest BCUT2D eigenvalue weighted by Gasteiger charge is 2.21. The molecule has 1 saturated heterocycles. The van der Waals surface area contributed by atoms with E-state index in [-0.39, 0.29) is 6.61 Å². The second kappa shape index (κ2) is 8.19. The molecule has 0 saturated carbocycles. The molecule has 1 fully saturated rings. The summed E-state index contributed by atoms with van der Waals surface area (Å²) in [5, 5.41) is 12.1. The van der Waals surface area contributed by atoms with E-state index >= 15 is 0 Å². The van der Waals surface area contributed by atoms with Crippen LogP contribution in [-0.4, -0.2) is 61.0 Å². The number of ether oxygens (including phenoxy) is 1. The maximum atomic E-state index is 8.65. The van der Waals surface area contributed by atoms with Crippen LogP contribution in [0.3, 0.4) is 0 Å². The highest BCUT2D eigenvalue weighted by molar-refractivity contribution is 5.35. The van der Waals surface area contributed by atoms with Crippen molar-refractivity contribution in [3.8, 4) is 0 Å². The Balaban J connectivity index is 1.63. The average Bonchev–Trinajstić information content (AvgIpc) is 2.89. The fourth-order valence-corrected chi connectivity index (χ4v) is 2.53. The van der Waals surface area contributed by atoms with Gasteiger partial charge in [-0.1, -0.05) is 6.07 Å². The van der Waals surface area contributed by atoms with E-state index in [0.29, 0.717) is 19.1 Å². The van der Waals surface area contributed by atoms with Crippen LogP contribution in [0.25, 0.3) is 0 Å². The van der Waals surface area contributed by atoms with Crippen molar-refractivity contribution in [3.05, 3.63) is 23.9 Å². The Morgan fingerprint density at radius 3 is 3.15 bits per heavy atom. The molecule has 1 atom stereocenters. The van der Waals surface area contributed by atoms with E-state index in [0.717, 1.165) is 37.7 Å². The number of pyridine rings is 1. The molecule has 0 radical (unpaired) electrons. The van der Waals surface area contributed by atoms with Crippen LogP contribution in [0.2, 0.25) is 0 Å². The number of aliphatic hydroxyl groups is 1. The average molecular weight is 279 g/mol. The van der Waals surface area contributed by atoms with Gasteiger partial charge in [0.15, 0.2) is 0 Å². The predicted molar refractivity (Wildman–Crippen MR) is 79.9 cm³/mol. The molecule has 1 aliphatic heterocycles. The number of nitrogens with zero attached hydrogens (tertiary/aromatic N) is 2. The number of hydrogen-bond acceptors (Lipinski definition) is 5. The standard InChI is InChI=1S/C15H25N3O2/c1-13-3-2-4-15(17-13)16-11-14-5-6-18(12-14)7-9-20-10-8-19/h2-4,14,19H,5-12H2,1H3,(H,16,17). The van der Waals surface area contributed by atoms with Crippen molar-refractivity contribution in [2.45, 2.75) is 13.3 Å². The highest BCUT2D eigenvalue weighted by atomic mass is 16.5. The molecule has 2 heterocycles. The topological polar surface area (TPSA) is 57.6 Å². The molecule has 112 valence electrons. The van der Waals surface area contributed by atoms with Crippen LogP contribution < -0.4 is 5.32 Å². The van der Waals surface area contributed by atoms with Crippen molar-refractivity contribution in [2.75, 3.05) is 51.3 Å². The number of nitrogens with one attached hydrogen (secondary N) is 1. The normalized spacial score (nSPS) is 19.4. The Morgan fingerprint density at radius 1 is 1.45 bits per heavy atom. The first kappa shape index (κ1) is 15.2. The third-order valence-electron chi connectivity index (χ3n) is 3.62. The maximum absolute atomic E-state index is 8.65. The first-order valence-corrected chi connectivity index (χ1v) is 7.36. The smallest absolute Gasteiger partial charge is 0.126 e. The summed E-state index contributed by atoms with van der Waals surface area (Å²) in [6.45, 7) is 7.45. The Morgan fingerprint density at radius 2 is 2.35 bits per heavy atom. The van der Waals surface area contributed by atoms with Gasteiger partial charge in [-0.25, -0.2) is 4.98 Å². The van der Waals surface area contributed by atoms with Gasteiger partial charge < -0.3 is 20.1 Å². The van der Waals surface area contributed by atoms with Gasteiger partial charge in [0, 0.05) is 25.3 Å². The molecule has 0 amide bonds. The molecule has 5 nitrogen and oxygen atoms in total. The van der Waals surface area contributed by atoms with Gasteiger partial charge in [-0.3, -0.25) is 0 Å². The van der Waals surface area contributed by atoms with Crippen molar-refractivity contribution in [1.29, 1.82) is 0 Å². The van der Waals surface area contributed by atoms with Gasteiger partial charge >= 0.3 is 0 Å². The first-order chi connectivity index (χ1) is 9.78. The van der Waals surface area contributed by atoms with Gasteiger partial charge in [0.2, 0.25) is 0 Å². The van der Waals surface area contributed by atoms with Crippen molar-refractivity contribution in [1.82, 2.24) is 9.88 Å². The lowest BCUT2D eigenvalue weighted by Crippen LogP contribution is -2.27. The summed E-state index contributed by atoms with van der Waals surface area (Å²) in [4.78, 5) is 6.88. The largest absolute Gasteiger partial charge is 0.394 e. The van der Waals surface area contributed by atoms with Gasteiger partial charge in [-0.05, 0) is 37.9 Å². The van der Waals surface area contributed by atoms with Crippen LogP contribution in [-0.2, 0) is 4.74 Å². The van der Waals surface area contributed by atoms with Gasteiger partial charge in [0.1, 0.15) is 5.82 Å². The summed E-state index contributed by atoms with van der Waals surface area (Å²) in [6, 6.07) is 6.06. The van der Waals surface area contributed by atoms with Gasteiger partial charge in [-0.15, -0.1) is 0 Å². The third-order valence-corrected chi connectivity index (χ3v) is 3.62. The molecule has 0 aromatic carbocycles. The molecule has 1 aromatic rings. The molecule has 20 heavy (non-hydrogen) atoms. The number of hydrogen-bond donors (Lipinski definition) is 2. The molecule has 2 rings (SSSR count). The monoisotopic (exact) mass is 279 g/mol. The SMILES string of the molecule is Cc1cccc(NCC2CCN(CCOCCO)C2)n1. The van der Waals surface area contributed by atoms with Gasteiger partial charge in [0.25, 0.3) is 0 Å². The summed E-state index contributed by atoms with van der Waals surface area (Å²) in [5.41, 5.74) is 1.05. The number of rotatable bonds is 8. The minimum absolute atomic E-state index is 0.107. The van der Waals surface area contributed by atoms with Crippen LogP contribution in [0, 0.1) is 12.8 Å². The predicted octanol–water partition coefficient (Wildman–Crippen LogP) is 1.13. The minimum Gasteiger partial charge on any atom is -0.394 e. The first-order valence-electron chi connectivity index (χ1n) is 7.36. The maximum Gasteiger partial charge on any atom is 0.126 e. The van der Waals surface area contributed by atoms with Crippen LogP contribution in [0.15, 0.2) is 18.2 Å². The number of aliphatic hydroxyl groups excluding tert-OH is 1. The van der Waals surface area contributed by atoms with Crippen molar-refractivity contribution < 1.29 is 9.84 Å². The number of likely N-dealkylation sites (tertiary alicyclic amines) is 1. The summed E-state index contributed by atoms with van der Waals surface area (Å²) in [5.74, 6) is 1.64. The third kappa shape index (κ3) is 5.07. The van der Waals surface area contributed by atoms with E-state index in [1.807, 2.05) is 25.1 Å². The van der Waals surface area contributed by atoms with E-state index in [9.17, 15) is 0 Å². The molecule has 1 aromatic heterocycles. The van der Waals surface area contributed by atoms with E-state index in [2.05, 4.69) is 15.2 Å². The zero-order valence-corrected chi connectivity index (χ0v) is 12.2. The zero-order chi connectivity index (χ0) is 14.2. The molecule has 5 heteroatoms. The lowest BCUT2D eigenvalue weighted by Gasteiger charge is -2.16.